The van der Waals surface area contributed by atoms with Gasteiger partial charge in [-0.2, -0.15) is 0 Å². The van der Waals surface area contributed by atoms with Gasteiger partial charge in [0.2, 0.25) is 0 Å². The predicted molar refractivity (Wildman–Crippen MR) is 111 cm³/mol. The van der Waals surface area contributed by atoms with Gasteiger partial charge in [-0.1, -0.05) is 12.1 Å². The van der Waals surface area contributed by atoms with Crippen molar-refractivity contribution in [3.05, 3.63) is 58.7 Å². The number of benzene rings is 2. The number of nitrogens with two attached hydrogens (primary N) is 1. The van der Waals surface area contributed by atoms with Gasteiger partial charge < -0.3 is 24.7 Å². The molecule has 2 aromatic carbocycles. The molecule has 0 atom stereocenters. The van der Waals surface area contributed by atoms with E-state index in [1.807, 2.05) is 52.0 Å². The Hall–Kier alpha value is -2.57. The smallest absolute Gasteiger partial charge is 0.283 e. The van der Waals surface area contributed by atoms with E-state index in [0.29, 0.717) is 6.61 Å². The summed E-state index contributed by atoms with van der Waals surface area (Å²) in [5.74, 6) is 1.49. The third kappa shape index (κ3) is 2.98. The van der Waals surface area contributed by atoms with E-state index in [9.17, 15) is 0 Å². The van der Waals surface area contributed by atoms with Crippen LogP contribution < -0.4 is 10.5 Å². The average Bonchev–Trinajstić information content (AvgIpc) is 3.10. The van der Waals surface area contributed by atoms with E-state index >= 15 is 0 Å². The Kier molecular flexibility index (Phi) is 4.40. The van der Waals surface area contributed by atoms with Crippen molar-refractivity contribution in [3.8, 4) is 11.5 Å². The minimum atomic E-state index is -0.771. The van der Waals surface area contributed by atoms with Crippen molar-refractivity contribution in [2.24, 2.45) is 10.7 Å². The number of fused-ring (bicyclic) bond motifs is 4. The predicted octanol–water partition coefficient (Wildman–Crippen LogP) is 4.14. The lowest BCUT2D eigenvalue weighted by atomic mass is 9.78. The van der Waals surface area contributed by atoms with E-state index in [-0.39, 0.29) is 6.02 Å². The highest BCUT2D eigenvalue weighted by Gasteiger charge is 2.48. The van der Waals surface area contributed by atoms with E-state index in [2.05, 4.69) is 12.1 Å². The molecule has 2 N–H and O–H groups in total. The normalized spacial score (nSPS) is 17.2. The van der Waals surface area contributed by atoms with Crippen LogP contribution in [0.2, 0.25) is 0 Å². The van der Waals surface area contributed by atoms with E-state index in [1.165, 1.54) is 0 Å². The molecule has 2 heterocycles. The molecule has 154 valence electrons. The molecular weight excluding hydrogens is 368 g/mol. The van der Waals surface area contributed by atoms with Crippen LogP contribution in [0.25, 0.3) is 0 Å². The second-order valence-corrected chi connectivity index (χ2v) is 8.55. The molecule has 0 radical (unpaired) electrons. The number of hydrogen-bond acceptors (Lipinski definition) is 6. The van der Waals surface area contributed by atoms with Crippen LogP contribution in [0.3, 0.4) is 0 Å². The number of rotatable bonds is 4. The topological polar surface area (TPSA) is 75.3 Å². The van der Waals surface area contributed by atoms with Crippen molar-refractivity contribution in [2.75, 3.05) is 20.8 Å². The summed E-state index contributed by atoms with van der Waals surface area (Å²) in [5.41, 5.74) is 8.20. The van der Waals surface area contributed by atoms with E-state index in [4.69, 9.17) is 29.7 Å². The van der Waals surface area contributed by atoms with E-state index in [1.54, 1.807) is 14.2 Å². The van der Waals surface area contributed by atoms with Crippen LogP contribution in [0.1, 0.15) is 49.9 Å². The quantitative estimate of drug-likeness (QED) is 0.840. The Bertz CT molecular complexity index is 929. The maximum absolute atomic E-state index is 6.25. The largest absolute Gasteiger partial charge is 0.462 e. The first-order valence-corrected chi connectivity index (χ1v) is 9.69. The number of ether oxygens (including phenoxy) is 4. The molecular formula is C23H28N2O4. The summed E-state index contributed by atoms with van der Waals surface area (Å²) in [6.07, 6.45) is 0. The van der Waals surface area contributed by atoms with E-state index < -0.39 is 16.7 Å². The number of methoxy groups -OCH3 is 2. The Balaban J connectivity index is 1.95. The highest BCUT2D eigenvalue weighted by atomic mass is 16.5. The maximum atomic E-state index is 6.25. The van der Waals surface area contributed by atoms with Crippen LogP contribution in [-0.4, -0.2) is 26.8 Å². The zero-order valence-electron chi connectivity index (χ0n) is 17.8. The molecule has 0 unspecified atom stereocenters. The maximum Gasteiger partial charge on any atom is 0.283 e. The van der Waals surface area contributed by atoms with Gasteiger partial charge in [-0.05, 0) is 63.1 Å². The second kappa shape index (κ2) is 6.47. The standard InChI is InChI=1S/C23H28N2O4/c1-21(2,26-5)14-7-9-18-16(11-14)23(13-28-20(24)25-23)17-12-15(22(3,4)27-6)8-10-19(17)29-18/h7-12H,13H2,1-6H3,(H2,24,25). The summed E-state index contributed by atoms with van der Waals surface area (Å²) in [4.78, 5) is 4.77. The molecule has 1 spiro atoms. The lowest BCUT2D eigenvalue weighted by Crippen LogP contribution is -2.33. The molecule has 6 nitrogen and oxygen atoms in total. The molecule has 4 rings (SSSR count). The summed E-state index contributed by atoms with van der Waals surface area (Å²) in [7, 11) is 3.41. The number of amidine groups is 1. The van der Waals surface area contributed by atoms with Crippen molar-refractivity contribution >= 4 is 6.02 Å². The molecule has 2 aliphatic heterocycles. The molecule has 0 bridgehead atoms. The van der Waals surface area contributed by atoms with Crippen LogP contribution in [0.4, 0.5) is 0 Å². The molecule has 2 aliphatic rings. The fourth-order valence-corrected chi connectivity index (χ4v) is 3.84. The Morgan fingerprint density at radius 2 is 1.38 bits per heavy atom. The Morgan fingerprint density at radius 1 is 0.897 bits per heavy atom. The summed E-state index contributed by atoms with van der Waals surface area (Å²) in [6, 6.07) is 12.3. The Morgan fingerprint density at radius 3 is 1.76 bits per heavy atom. The highest BCUT2D eigenvalue weighted by Crippen LogP contribution is 2.52. The minimum Gasteiger partial charge on any atom is -0.462 e. The fraction of sp³-hybridized carbons (Fsp3) is 0.435. The SMILES string of the molecule is COC(C)(C)c1ccc2c(c1)C1(COC(N)=N1)c1cc(C(C)(C)OC)ccc1O2. The zero-order chi connectivity index (χ0) is 21.0. The van der Waals surface area contributed by atoms with E-state index in [0.717, 1.165) is 33.8 Å². The van der Waals surface area contributed by atoms with Crippen molar-refractivity contribution in [1.82, 2.24) is 0 Å². The number of nitrogens with zero attached hydrogens (tertiary/aromatic N) is 1. The fourth-order valence-electron chi connectivity index (χ4n) is 3.84. The molecule has 2 aromatic rings. The van der Waals surface area contributed by atoms with Crippen LogP contribution in [0.15, 0.2) is 41.4 Å². The molecule has 0 saturated heterocycles. The van der Waals surface area contributed by atoms with Gasteiger partial charge in [-0.3, -0.25) is 0 Å². The zero-order valence-corrected chi connectivity index (χ0v) is 17.8. The monoisotopic (exact) mass is 396 g/mol. The van der Waals surface area contributed by atoms with Crippen molar-refractivity contribution in [1.29, 1.82) is 0 Å². The van der Waals surface area contributed by atoms with Crippen molar-refractivity contribution in [2.45, 2.75) is 44.4 Å². The minimum absolute atomic E-state index is 0.177. The Labute approximate surface area is 171 Å². The third-order valence-electron chi connectivity index (χ3n) is 6.21. The molecule has 0 saturated carbocycles. The van der Waals surface area contributed by atoms with Gasteiger partial charge in [0, 0.05) is 25.3 Å². The first kappa shape index (κ1) is 19.7. The van der Waals surface area contributed by atoms with Crippen molar-refractivity contribution < 1.29 is 18.9 Å². The van der Waals surface area contributed by atoms with Crippen molar-refractivity contribution in [3.63, 3.8) is 0 Å². The van der Waals surface area contributed by atoms with Gasteiger partial charge >= 0.3 is 0 Å². The van der Waals surface area contributed by atoms with Crippen LogP contribution >= 0.6 is 0 Å². The van der Waals surface area contributed by atoms with Gasteiger partial charge in [0.25, 0.3) is 6.02 Å². The first-order valence-electron chi connectivity index (χ1n) is 9.69. The number of hydrogen-bond donors (Lipinski definition) is 1. The first-order chi connectivity index (χ1) is 13.6. The molecule has 0 aromatic heterocycles. The van der Waals surface area contributed by atoms with Crippen LogP contribution in [0, 0.1) is 0 Å². The molecule has 29 heavy (non-hydrogen) atoms. The van der Waals surface area contributed by atoms with Gasteiger partial charge in [0.05, 0.1) is 11.2 Å². The second-order valence-electron chi connectivity index (χ2n) is 8.55. The summed E-state index contributed by atoms with van der Waals surface area (Å²) >= 11 is 0. The summed E-state index contributed by atoms with van der Waals surface area (Å²) in [5, 5.41) is 0. The summed E-state index contributed by atoms with van der Waals surface area (Å²) in [6.45, 7) is 8.43. The van der Waals surface area contributed by atoms with Gasteiger partial charge in [-0.15, -0.1) is 0 Å². The van der Waals surface area contributed by atoms with Gasteiger partial charge in [-0.25, -0.2) is 4.99 Å². The van der Waals surface area contributed by atoms with Crippen LogP contribution in [-0.2, 0) is 31.0 Å². The average molecular weight is 396 g/mol. The molecule has 0 aliphatic carbocycles. The van der Waals surface area contributed by atoms with Crippen LogP contribution in [0.5, 0.6) is 11.5 Å². The third-order valence-corrected chi connectivity index (χ3v) is 6.21. The highest BCUT2D eigenvalue weighted by molar-refractivity contribution is 5.77. The van der Waals surface area contributed by atoms with Gasteiger partial charge in [0.15, 0.2) is 5.54 Å². The molecule has 0 fully saturated rings. The molecule has 0 amide bonds. The van der Waals surface area contributed by atoms with Gasteiger partial charge in [0.1, 0.15) is 18.1 Å². The molecule has 6 heteroatoms. The summed E-state index contributed by atoms with van der Waals surface area (Å²) < 4.78 is 23.3. The number of aliphatic imine (C=N–C) groups is 1. The lowest BCUT2D eigenvalue weighted by Gasteiger charge is -2.36. The lowest BCUT2D eigenvalue weighted by molar-refractivity contribution is 0.0190.